The Kier molecular flexibility index (Phi) is 2.44. The summed E-state index contributed by atoms with van der Waals surface area (Å²) < 4.78 is 5.60. The summed E-state index contributed by atoms with van der Waals surface area (Å²) in [4.78, 5) is 10.7. The van der Waals surface area contributed by atoms with Crippen molar-refractivity contribution in [3.63, 3.8) is 0 Å². The molecule has 0 bridgehead atoms. The molecular formula is C12H14O3. The Labute approximate surface area is 88.9 Å². The lowest BCUT2D eigenvalue weighted by atomic mass is 10.00. The molecule has 0 unspecified atom stereocenters. The van der Waals surface area contributed by atoms with Gasteiger partial charge in [0, 0.05) is 19.4 Å². The van der Waals surface area contributed by atoms with Crippen molar-refractivity contribution in [1.82, 2.24) is 0 Å². The van der Waals surface area contributed by atoms with Crippen molar-refractivity contribution in [3.05, 3.63) is 35.9 Å². The van der Waals surface area contributed by atoms with Gasteiger partial charge in [0.1, 0.15) is 12.2 Å². The lowest BCUT2D eigenvalue weighted by Gasteiger charge is -2.29. The Morgan fingerprint density at radius 3 is 2.73 bits per heavy atom. The molecule has 0 aliphatic carbocycles. The predicted octanol–water partition coefficient (Wildman–Crippen LogP) is 2.24. The number of hydrogen-bond donors (Lipinski definition) is 0. The standard InChI is InChI=1S/C12H14O3/c1-2-4-9(5-3-1)11-8-12-10(14-15-11)6-7-13-12/h1-5,10-12H,6-8H2/t10-,11-,12-/m0/s1. The van der Waals surface area contributed by atoms with E-state index in [0.717, 1.165) is 25.0 Å². The van der Waals surface area contributed by atoms with E-state index < -0.39 is 0 Å². The van der Waals surface area contributed by atoms with Gasteiger partial charge in [0.15, 0.2) is 0 Å². The molecule has 2 aliphatic rings. The van der Waals surface area contributed by atoms with Crippen molar-refractivity contribution in [2.24, 2.45) is 0 Å². The molecule has 0 radical (unpaired) electrons. The molecule has 0 saturated carbocycles. The van der Waals surface area contributed by atoms with Gasteiger partial charge in [-0.05, 0) is 5.56 Å². The van der Waals surface area contributed by atoms with E-state index >= 15 is 0 Å². The minimum atomic E-state index is 0.0190. The van der Waals surface area contributed by atoms with Crippen molar-refractivity contribution in [1.29, 1.82) is 0 Å². The Morgan fingerprint density at radius 2 is 1.87 bits per heavy atom. The molecule has 1 aromatic rings. The van der Waals surface area contributed by atoms with Gasteiger partial charge in [-0.15, -0.1) is 0 Å². The number of benzene rings is 1. The second kappa shape index (κ2) is 3.93. The van der Waals surface area contributed by atoms with Crippen LogP contribution >= 0.6 is 0 Å². The average molecular weight is 206 g/mol. The van der Waals surface area contributed by atoms with E-state index in [1.165, 1.54) is 0 Å². The molecule has 0 amide bonds. The normalized spacial score (nSPS) is 35.1. The SMILES string of the molecule is c1ccc([C@@H]2C[C@@H]3OCC[C@@H]3OO2)cc1. The summed E-state index contributed by atoms with van der Waals surface area (Å²) in [6.07, 6.45) is 2.22. The zero-order valence-corrected chi connectivity index (χ0v) is 8.46. The molecule has 80 valence electrons. The second-order valence-electron chi connectivity index (χ2n) is 4.06. The van der Waals surface area contributed by atoms with Gasteiger partial charge >= 0.3 is 0 Å². The molecule has 2 aliphatic heterocycles. The topological polar surface area (TPSA) is 27.7 Å². The minimum Gasteiger partial charge on any atom is -0.375 e. The van der Waals surface area contributed by atoms with Crippen LogP contribution in [-0.4, -0.2) is 18.8 Å². The van der Waals surface area contributed by atoms with Crippen LogP contribution in [0.1, 0.15) is 24.5 Å². The van der Waals surface area contributed by atoms with Gasteiger partial charge < -0.3 is 4.74 Å². The number of hydrogen-bond acceptors (Lipinski definition) is 3. The zero-order valence-electron chi connectivity index (χ0n) is 8.46. The second-order valence-corrected chi connectivity index (χ2v) is 4.06. The minimum absolute atomic E-state index is 0.0190. The van der Waals surface area contributed by atoms with E-state index in [1.54, 1.807) is 0 Å². The molecule has 2 heterocycles. The smallest absolute Gasteiger partial charge is 0.121 e. The summed E-state index contributed by atoms with van der Waals surface area (Å²) in [6.45, 7) is 0.792. The van der Waals surface area contributed by atoms with Gasteiger partial charge in [0.05, 0.1) is 6.10 Å². The van der Waals surface area contributed by atoms with Crippen molar-refractivity contribution >= 4 is 0 Å². The summed E-state index contributed by atoms with van der Waals surface area (Å²) in [5.74, 6) is 0. The molecular weight excluding hydrogens is 192 g/mol. The van der Waals surface area contributed by atoms with Crippen LogP contribution in [-0.2, 0) is 14.5 Å². The van der Waals surface area contributed by atoms with Crippen LogP contribution in [0.15, 0.2) is 30.3 Å². The summed E-state index contributed by atoms with van der Waals surface area (Å²) in [5.41, 5.74) is 1.16. The lowest BCUT2D eigenvalue weighted by Crippen LogP contribution is -2.33. The van der Waals surface area contributed by atoms with Gasteiger partial charge in [-0.3, -0.25) is 0 Å². The van der Waals surface area contributed by atoms with E-state index in [1.807, 2.05) is 18.2 Å². The fraction of sp³-hybridized carbons (Fsp3) is 0.500. The van der Waals surface area contributed by atoms with Gasteiger partial charge in [0.25, 0.3) is 0 Å². The predicted molar refractivity (Wildman–Crippen MR) is 54.1 cm³/mol. The van der Waals surface area contributed by atoms with Crippen LogP contribution in [0, 0.1) is 0 Å². The molecule has 15 heavy (non-hydrogen) atoms. The van der Waals surface area contributed by atoms with Gasteiger partial charge in [-0.25, -0.2) is 9.78 Å². The van der Waals surface area contributed by atoms with Crippen molar-refractivity contribution in [2.45, 2.75) is 31.2 Å². The third-order valence-electron chi connectivity index (χ3n) is 3.06. The van der Waals surface area contributed by atoms with Crippen LogP contribution in [0.4, 0.5) is 0 Å². The van der Waals surface area contributed by atoms with Crippen LogP contribution < -0.4 is 0 Å². The van der Waals surface area contributed by atoms with Crippen molar-refractivity contribution in [3.8, 4) is 0 Å². The maximum Gasteiger partial charge on any atom is 0.121 e. The molecule has 3 nitrogen and oxygen atoms in total. The van der Waals surface area contributed by atoms with Crippen molar-refractivity contribution < 1.29 is 14.5 Å². The first-order valence-electron chi connectivity index (χ1n) is 5.42. The fourth-order valence-electron chi connectivity index (χ4n) is 2.21. The zero-order chi connectivity index (χ0) is 10.1. The number of ether oxygens (including phenoxy) is 1. The van der Waals surface area contributed by atoms with E-state index in [9.17, 15) is 0 Å². The van der Waals surface area contributed by atoms with E-state index in [-0.39, 0.29) is 18.3 Å². The molecule has 0 aromatic heterocycles. The van der Waals surface area contributed by atoms with E-state index in [4.69, 9.17) is 14.5 Å². The Bertz CT molecular complexity index is 325. The first-order chi connectivity index (χ1) is 7.43. The Hall–Kier alpha value is -0.900. The molecule has 2 saturated heterocycles. The highest BCUT2D eigenvalue weighted by Gasteiger charge is 2.37. The highest BCUT2D eigenvalue weighted by molar-refractivity contribution is 5.18. The van der Waals surface area contributed by atoms with E-state index in [2.05, 4.69) is 12.1 Å². The number of fused-ring (bicyclic) bond motifs is 1. The monoisotopic (exact) mass is 206 g/mol. The molecule has 1 aromatic carbocycles. The quantitative estimate of drug-likeness (QED) is 0.659. The molecule has 3 atom stereocenters. The van der Waals surface area contributed by atoms with Crippen LogP contribution in [0.5, 0.6) is 0 Å². The van der Waals surface area contributed by atoms with Crippen molar-refractivity contribution in [2.75, 3.05) is 6.61 Å². The average Bonchev–Trinajstić information content (AvgIpc) is 2.77. The summed E-state index contributed by atoms with van der Waals surface area (Å²) >= 11 is 0. The van der Waals surface area contributed by atoms with Gasteiger partial charge in [-0.2, -0.15) is 0 Å². The molecule has 3 heteroatoms. The first-order valence-corrected chi connectivity index (χ1v) is 5.42. The van der Waals surface area contributed by atoms with Crippen LogP contribution in [0.3, 0.4) is 0 Å². The molecule has 2 fully saturated rings. The first kappa shape index (κ1) is 9.33. The lowest BCUT2D eigenvalue weighted by molar-refractivity contribution is -0.386. The summed E-state index contributed by atoms with van der Waals surface area (Å²) in [6, 6.07) is 10.1. The molecule has 3 rings (SSSR count). The Morgan fingerprint density at radius 1 is 1.00 bits per heavy atom. The fourth-order valence-corrected chi connectivity index (χ4v) is 2.21. The molecule has 0 spiro atoms. The number of rotatable bonds is 1. The third-order valence-corrected chi connectivity index (χ3v) is 3.06. The Balaban J connectivity index is 1.74. The van der Waals surface area contributed by atoms with Gasteiger partial charge in [-0.1, -0.05) is 30.3 Å². The van der Waals surface area contributed by atoms with Crippen LogP contribution in [0.25, 0.3) is 0 Å². The maximum absolute atomic E-state index is 5.60. The summed E-state index contributed by atoms with van der Waals surface area (Å²) in [7, 11) is 0. The van der Waals surface area contributed by atoms with Crippen LogP contribution in [0.2, 0.25) is 0 Å². The summed E-state index contributed by atoms with van der Waals surface area (Å²) in [5, 5.41) is 0. The largest absolute Gasteiger partial charge is 0.375 e. The highest BCUT2D eigenvalue weighted by atomic mass is 17.2. The highest BCUT2D eigenvalue weighted by Crippen LogP contribution is 2.34. The van der Waals surface area contributed by atoms with E-state index in [0.29, 0.717) is 0 Å². The molecule has 0 N–H and O–H groups in total. The van der Waals surface area contributed by atoms with Gasteiger partial charge in [0.2, 0.25) is 0 Å². The third kappa shape index (κ3) is 1.78. The maximum atomic E-state index is 5.60.